The maximum atomic E-state index is 14.4. The van der Waals surface area contributed by atoms with Gasteiger partial charge in [0.15, 0.2) is 6.10 Å². The van der Waals surface area contributed by atoms with Gasteiger partial charge in [0, 0.05) is 22.2 Å². The van der Waals surface area contributed by atoms with Gasteiger partial charge in [-0.15, -0.1) is 5.10 Å². The van der Waals surface area contributed by atoms with Gasteiger partial charge in [0.05, 0.1) is 12.2 Å². The summed E-state index contributed by atoms with van der Waals surface area (Å²) in [5, 5.41) is 16.5. The molecular weight excluding hydrogens is 658 g/mol. The molecule has 1 heterocycles. The molecule has 248 valence electrons. The fourth-order valence-electron chi connectivity index (χ4n) is 4.18. The zero-order chi connectivity index (χ0) is 34.2. The van der Waals surface area contributed by atoms with Crippen LogP contribution in [0.5, 0.6) is 0 Å². The Morgan fingerprint density at radius 3 is 2.40 bits per heavy atom. The van der Waals surface area contributed by atoms with E-state index in [9.17, 15) is 28.7 Å². The zero-order valence-electron chi connectivity index (χ0n) is 25.2. The first-order valence-electron chi connectivity index (χ1n) is 14.1. The van der Waals surface area contributed by atoms with Crippen molar-refractivity contribution in [1.29, 1.82) is 0 Å². The fourth-order valence-corrected chi connectivity index (χ4v) is 4.53. The van der Waals surface area contributed by atoms with Crippen LogP contribution in [-0.4, -0.2) is 68.2 Å². The average Bonchev–Trinajstić information content (AvgIpc) is 3.43. The minimum atomic E-state index is -1.82. The number of amides is 1. The van der Waals surface area contributed by atoms with Gasteiger partial charge >= 0.3 is 23.5 Å². The Morgan fingerprint density at radius 1 is 1.04 bits per heavy atom. The monoisotopic (exact) mass is 688 g/mol. The Labute approximate surface area is 278 Å². The Morgan fingerprint density at radius 2 is 1.72 bits per heavy atom. The molecule has 0 spiro atoms. The van der Waals surface area contributed by atoms with E-state index in [2.05, 4.69) is 15.5 Å². The minimum Gasteiger partial charge on any atom is -0.427 e. The summed E-state index contributed by atoms with van der Waals surface area (Å²) in [4.78, 5) is 52.5. The third-order valence-corrected chi connectivity index (χ3v) is 7.24. The van der Waals surface area contributed by atoms with E-state index in [0.717, 1.165) is 4.68 Å². The smallest absolute Gasteiger partial charge is 0.348 e. The van der Waals surface area contributed by atoms with Crippen LogP contribution in [0.4, 0.5) is 4.39 Å². The van der Waals surface area contributed by atoms with Crippen LogP contribution in [0.3, 0.4) is 0 Å². The Balaban J connectivity index is 1.50. The lowest BCUT2D eigenvalue weighted by atomic mass is 10.0. The first kappa shape index (κ1) is 35.3. The van der Waals surface area contributed by atoms with Crippen LogP contribution < -0.4 is 16.8 Å². The van der Waals surface area contributed by atoms with Crippen molar-refractivity contribution in [3.63, 3.8) is 0 Å². The molecule has 0 bridgehead atoms. The topological polar surface area (TPSA) is 182 Å². The molecule has 0 aliphatic heterocycles. The molecule has 47 heavy (non-hydrogen) atoms. The van der Waals surface area contributed by atoms with Crippen molar-refractivity contribution < 1.29 is 33.4 Å². The van der Waals surface area contributed by atoms with Crippen molar-refractivity contribution in [2.24, 2.45) is 11.7 Å². The number of aliphatic hydroxyl groups excluding tert-OH is 1. The second kappa shape index (κ2) is 15.8. The van der Waals surface area contributed by atoms with Crippen LogP contribution >= 0.6 is 23.2 Å². The molecule has 13 nitrogen and oxygen atoms in total. The van der Waals surface area contributed by atoms with E-state index in [1.807, 2.05) is 0 Å². The lowest BCUT2D eigenvalue weighted by Gasteiger charge is -2.25. The molecule has 0 fully saturated rings. The first-order valence-corrected chi connectivity index (χ1v) is 14.9. The minimum absolute atomic E-state index is 0.0775. The summed E-state index contributed by atoms with van der Waals surface area (Å²) in [5.74, 6) is -3.88. The number of aliphatic hydroxyl groups is 1. The Hall–Kier alpha value is -4.60. The molecular formula is C31H31Cl2FN6O7. The first-order chi connectivity index (χ1) is 22.3. The number of nitrogens with zero attached hydrogens (tertiary/aromatic N) is 3. The molecule has 4 aromatic rings. The molecule has 0 saturated heterocycles. The van der Waals surface area contributed by atoms with Crippen LogP contribution in [0.1, 0.15) is 30.0 Å². The number of carbonyl (C=O) groups is 3. The number of esters is 2. The number of hydrogen-bond donors (Lipinski definition) is 4. The number of aromatic nitrogens is 3. The van der Waals surface area contributed by atoms with Crippen LogP contribution in [0.15, 0.2) is 71.5 Å². The zero-order valence-corrected chi connectivity index (χ0v) is 26.7. The lowest BCUT2D eigenvalue weighted by Crippen LogP contribution is -2.48. The molecule has 0 radical (unpaired) electrons. The number of hydrogen-bond acceptors (Lipinski definition) is 10. The van der Waals surface area contributed by atoms with E-state index in [1.54, 1.807) is 56.3 Å². The largest absolute Gasteiger partial charge is 0.427 e. The predicted octanol–water partition coefficient (Wildman–Crippen LogP) is 3.21. The van der Waals surface area contributed by atoms with Gasteiger partial charge in [-0.05, 0) is 53.4 Å². The molecule has 0 unspecified atom stereocenters. The van der Waals surface area contributed by atoms with E-state index >= 15 is 0 Å². The highest BCUT2D eigenvalue weighted by Gasteiger charge is 2.25. The average molecular weight is 690 g/mol. The maximum Gasteiger partial charge on any atom is 0.348 e. The van der Waals surface area contributed by atoms with Crippen molar-refractivity contribution in [2.75, 3.05) is 13.3 Å². The van der Waals surface area contributed by atoms with Gasteiger partial charge in [0.1, 0.15) is 11.9 Å². The second-order valence-electron chi connectivity index (χ2n) is 10.6. The number of rotatable bonds is 13. The number of hydrazine groups is 1. The Bertz CT molecular complexity index is 1800. The van der Waals surface area contributed by atoms with Crippen LogP contribution in [0.25, 0.3) is 16.8 Å². The van der Waals surface area contributed by atoms with Crippen molar-refractivity contribution in [3.05, 3.63) is 104 Å². The summed E-state index contributed by atoms with van der Waals surface area (Å²) in [6.45, 7) is 2.06. The number of halogens is 3. The molecule has 1 amide bonds. The van der Waals surface area contributed by atoms with Gasteiger partial charge in [-0.2, -0.15) is 4.68 Å². The molecule has 0 aliphatic carbocycles. The quantitative estimate of drug-likeness (QED) is 0.0925. The summed E-state index contributed by atoms with van der Waals surface area (Å²) >= 11 is 12.0. The number of H-pyrrole nitrogens is 1. The molecule has 2 atom stereocenters. The molecule has 5 N–H and O–H groups in total. The van der Waals surface area contributed by atoms with Gasteiger partial charge in [-0.3, -0.25) is 20.0 Å². The summed E-state index contributed by atoms with van der Waals surface area (Å²) in [5.41, 5.74) is 9.19. The van der Waals surface area contributed by atoms with E-state index in [4.69, 9.17) is 38.4 Å². The van der Waals surface area contributed by atoms with Crippen molar-refractivity contribution in [3.8, 4) is 16.8 Å². The predicted molar refractivity (Wildman–Crippen MR) is 170 cm³/mol. The maximum absolute atomic E-state index is 14.4. The normalized spacial score (nSPS) is 12.5. The van der Waals surface area contributed by atoms with Crippen LogP contribution in [0, 0.1) is 11.7 Å². The van der Waals surface area contributed by atoms with Crippen molar-refractivity contribution >= 4 is 41.0 Å². The molecule has 4 rings (SSSR count). The van der Waals surface area contributed by atoms with Gasteiger partial charge in [0.25, 0.3) is 0 Å². The van der Waals surface area contributed by atoms with Crippen molar-refractivity contribution in [1.82, 2.24) is 25.2 Å². The fraction of sp³-hybridized carbons (Fsp3) is 0.258. The summed E-state index contributed by atoms with van der Waals surface area (Å²) in [6.07, 6.45) is -1.82. The number of carbonyl (C=O) groups excluding carboxylic acids is 3. The summed E-state index contributed by atoms with van der Waals surface area (Å²) < 4.78 is 25.0. The van der Waals surface area contributed by atoms with E-state index in [1.165, 1.54) is 29.3 Å². The number of nitrogens with two attached hydrogens (primary N) is 1. The van der Waals surface area contributed by atoms with Gasteiger partial charge < -0.3 is 20.3 Å². The van der Waals surface area contributed by atoms with Crippen molar-refractivity contribution in [2.45, 2.75) is 32.5 Å². The highest BCUT2D eigenvalue weighted by atomic mass is 35.5. The molecule has 3 aromatic carbocycles. The van der Waals surface area contributed by atoms with E-state index < -0.39 is 54.8 Å². The number of ether oxygens (including phenoxy) is 2. The summed E-state index contributed by atoms with van der Waals surface area (Å²) in [7, 11) is 0. The molecule has 16 heteroatoms. The third-order valence-electron chi connectivity index (χ3n) is 6.77. The Kier molecular flexibility index (Phi) is 11.9. The summed E-state index contributed by atoms with van der Waals surface area (Å²) in [6, 6.07) is 16.0. The third kappa shape index (κ3) is 9.47. The van der Waals surface area contributed by atoms with E-state index in [-0.39, 0.29) is 23.9 Å². The molecule has 0 saturated carbocycles. The van der Waals surface area contributed by atoms with Gasteiger partial charge in [0.2, 0.25) is 12.6 Å². The number of aromatic amines is 1. The standard InChI is InChI=1S/C31H31Cl2FN6O7/c1-17(2)26(35)30(44)47-16-46-29(43)25(41)15-39(14-18-6-8-19(9-7-18)23-13-21(33)10-11-24(23)34)38-28(42)27-36-31(45)40(37-27)22-5-3-4-20(32)12-22/h3-13,17,25-26,41H,14-16,35H2,1-2H3,(H,38,42)(H,36,37,45)/t25-,26+/m1/s1. The van der Waals surface area contributed by atoms with Crippen LogP contribution in [-0.2, 0) is 25.6 Å². The second-order valence-corrected chi connectivity index (χ2v) is 11.5. The number of nitrogens with one attached hydrogen (secondary N) is 2. The van der Waals surface area contributed by atoms with E-state index in [0.29, 0.717) is 26.9 Å². The SMILES string of the molecule is CC(C)[C@H](N)C(=O)OCOC(=O)[C@H](O)CN(Cc1ccc(-c2cc(Cl)ccc2F)cc1)NC(=O)c1nn(-c2cccc(Cl)c2)c(=O)[nH]1. The molecule has 1 aromatic heterocycles. The van der Waals surface area contributed by atoms with Gasteiger partial charge in [-0.25, -0.2) is 19.0 Å². The van der Waals surface area contributed by atoms with Crippen LogP contribution in [0.2, 0.25) is 10.0 Å². The number of benzene rings is 3. The van der Waals surface area contributed by atoms with Gasteiger partial charge in [-0.1, -0.05) is 67.4 Å². The highest BCUT2D eigenvalue weighted by Crippen LogP contribution is 2.26. The molecule has 0 aliphatic rings. The highest BCUT2D eigenvalue weighted by molar-refractivity contribution is 6.31. The lowest BCUT2D eigenvalue weighted by molar-refractivity contribution is -0.175.